The van der Waals surface area contributed by atoms with Gasteiger partial charge >= 0.3 is 0 Å². The molecule has 0 spiro atoms. The lowest BCUT2D eigenvalue weighted by molar-refractivity contribution is -0.138. The van der Waals surface area contributed by atoms with Crippen LogP contribution in [0.25, 0.3) is 32.7 Å². The molecule has 31 heavy (non-hydrogen) atoms. The highest BCUT2D eigenvalue weighted by molar-refractivity contribution is 6.12. The summed E-state index contributed by atoms with van der Waals surface area (Å²) in [5.41, 5.74) is 5.58. The SMILES string of the molecule is CN1C(=O)CC[C@]2(C)c3ccc(-c4c5ccccc5cc5ccccc45)cc3CCC12. The number of hydrogen-bond donors (Lipinski definition) is 0. The van der Waals surface area contributed by atoms with Crippen molar-refractivity contribution < 1.29 is 4.79 Å². The number of likely N-dealkylation sites (N-methyl/N-ethyl adjacent to an activating group) is 1. The molecule has 0 radical (unpaired) electrons. The maximum atomic E-state index is 12.3. The second kappa shape index (κ2) is 6.68. The maximum absolute atomic E-state index is 12.3. The van der Waals surface area contributed by atoms with Gasteiger partial charge in [-0.1, -0.05) is 73.7 Å². The van der Waals surface area contributed by atoms with Gasteiger partial charge in [0.25, 0.3) is 0 Å². The molecule has 154 valence electrons. The molecule has 2 heteroatoms. The zero-order chi connectivity index (χ0) is 21.2. The van der Waals surface area contributed by atoms with E-state index in [1.807, 2.05) is 11.9 Å². The van der Waals surface area contributed by atoms with Gasteiger partial charge in [-0.15, -0.1) is 0 Å². The summed E-state index contributed by atoms with van der Waals surface area (Å²) < 4.78 is 0. The first-order valence-electron chi connectivity index (χ1n) is 11.4. The first kappa shape index (κ1) is 18.6. The van der Waals surface area contributed by atoms with E-state index in [4.69, 9.17) is 0 Å². The fourth-order valence-electron chi connectivity index (χ4n) is 6.27. The molecule has 1 amide bonds. The number of likely N-dealkylation sites (tertiary alicyclic amines) is 1. The van der Waals surface area contributed by atoms with E-state index >= 15 is 0 Å². The number of piperidine rings is 1. The molecule has 0 N–H and O–H groups in total. The average molecular weight is 406 g/mol. The van der Waals surface area contributed by atoms with E-state index in [0.29, 0.717) is 18.4 Å². The Balaban J connectivity index is 1.56. The molecule has 0 aromatic heterocycles. The van der Waals surface area contributed by atoms with Crippen molar-refractivity contribution in [2.75, 3.05) is 7.05 Å². The van der Waals surface area contributed by atoms with Gasteiger partial charge in [-0.05, 0) is 69.1 Å². The van der Waals surface area contributed by atoms with Crippen LogP contribution in [0.3, 0.4) is 0 Å². The summed E-state index contributed by atoms with van der Waals surface area (Å²) in [6, 6.07) is 27.2. The zero-order valence-corrected chi connectivity index (χ0v) is 18.2. The molecule has 4 aromatic rings. The molecule has 1 heterocycles. The minimum atomic E-state index is 0.0512. The van der Waals surface area contributed by atoms with E-state index < -0.39 is 0 Å². The number of aryl methyl sites for hydroxylation is 1. The first-order chi connectivity index (χ1) is 15.1. The summed E-state index contributed by atoms with van der Waals surface area (Å²) in [5.74, 6) is 0.296. The number of carbonyl (C=O) groups is 1. The van der Waals surface area contributed by atoms with Crippen molar-refractivity contribution in [1.29, 1.82) is 0 Å². The largest absolute Gasteiger partial charge is 0.342 e. The summed E-state index contributed by atoms with van der Waals surface area (Å²) in [6.07, 6.45) is 3.68. The lowest BCUT2D eigenvalue weighted by Crippen LogP contribution is -2.56. The lowest BCUT2D eigenvalue weighted by atomic mass is 9.63. The number of rotatable bonds is 1. The van der Waals surface area contributed by atoms with E-state index in [2.05, 4.69) is 79.7 Å². The predicted octanol–water partition coefficient (Wildman–Crippen LogP) is 6.48. The molecule has 2 aliphatic rings. The predicted molar refractivity (Wildman–Crippen MR) is 128 cm³/mol. The highest BCUT2D eigenvalue weighted by Gasteiger charge is 2.46. The second-order valence-corrected chi connectivity index (χ2v) is 9.54. The molecule has 0 saturated carbocycles. The normalized spacial score (nSPS) is 23.1. The van der Waals surface area contributed by atoms with Gasteiger partial charge in [0.05, 0.1) is 0 Å². The molecule has 1 fully saturated rings. The van der Waals surface area contributed by atoms with Crippen molar-refractivity contribution in [2.24, 2.45) is 0 Å². The quantitative estimate of drug-likeness (QED) is 0.332. The minimum absolute atomic E-state index is 0.0512. The fraction of sp³-hybridized carbons (Fsp3) is 0.276. The second-order valence-electron chi connectivity index (χ2n) is 9.54. The lowest BCUT2D eigenvalue weighted by Gasteiger charge is -2.50. The Morgan fingerprint density at radius 1 is 0.871 bits per heavy atom. The summed E-state index contributed by atoms with van der Waals surface area (Å²) in [4.78, 5) is 14.3. The standard InChI is InChI=1S/C29H27NO/c1-29-16-15-27(31)30(2)26(29)14-12-21-18-22(11-13-25(21)29)28-23-9-5-3-7-19(23)17-20-8-4-6-10-24(20)28/h3-11,13,17-18,26H,12,14-16H2,1-2H3/t26?,29-/m1/s1. The zero-order valence-electron chi connectivity index (χ0n) is 18.2. The van der Waals surface area contributed by atoms with Gasteiger partial charge in [-0.2, -0.15) is 0 Å². The third-order valence-corrected chi connectivity index (χ3v) is 7.92. The summed E-state index contributed by atoms with van der Waals surface area (Å²) in [6.45, 7) is 2.37. The third kappa shape index (κ3) is 2.67. The van der Waals surface area contributed by atoms with Crippen LogP contribution in [0.5, 0.6) is 0 Å². The number of hydrogen-bond acceptors (Lipinski definition) is 1. The smallest absolute Gasteiger partial charge is 0.222 e. The number of nitrogens with zero attached hydrogens (tertiary/aromatic N) is 1. The molecule has 4 aromatic carbocycles. The summed E-state index contributed by atoms with van der Waals surface area (Å²) >= 11 is 0. The topological polar surface area (TPSA) is 20.3 Å². The van der Waals surface area contributed by atoms with Gasteiger partial charge in [-0.3, -0.25) is 4.79 Å². The van der Waals surface area contributed by atoms with Gasteiger partial charge in [0.1, 0.15) is 0 Å². The minimum Gasteiger partial charge on any atom is -0.342 e. The van der Waals surface area contributed by atoms with Gasteiger partial charge < -0.3 is 4.90 Å². The Labute approximate surface area is 183 Å². The van der Waals surface area contributed by atoms with Crippen molar-refractivity contribution in [3.63, 3.8) is 0 Å². The molecular weight excluding hydrogens is 378 g/mol. The van der Waals surface area contributed by atoms with Crippen molar-refractivity contribution >= 4 is 27.5 Å². The molecule has 1 aliphatic carbocycles. The Morgan fingerprint density at radius 3 is 2.26 bits per heavy atom. The fourth-order valence-corrected chi connectivity index (χ4v) is 6.27. The summed E-state index contributed by atoms with van der Waals surface area (Å²) in [7, 11) is 1.99. The van der Waals surface area contributed by atoms with Crippen molar-refractivity contribution in [2.45, 2.75) is 44.1 Å². The number of fused-ring (bicyclic) bond motifs is 5. The summed E-state index contributed by atoms with van der Waals surface area (Å²) in [5, 5.41) is 5.19. The number of benzene rings is 4. The maximum Gasteiger partial charge on any atom is 0.222 e. The van der Waals surface area contributed by atoms with Crippen LogP contribution < -0.4 is 0 Å². The Kier molecular flexibility index (Phi) is 4.02. The Morgan fingerprint density at radius 2 is 1.55 bits per heavy atom. The van der Waals surface area contributed by atoms with Crippen LogP contribution in [0.4, 0.5) is 0 Å². The Bertz CT molecular complexity index is 1300. The molecule has 1 aliphatic heterocycles. The van der Waals surface area contributed by atoms with Crippen LogP contribution in [-0.2, 0) is 16.6 Å². The molecule has 1 unspecified atom stereocenters. The van der Waals surface area contributed by atoms with Crippen LogP contribution in [0.2, 0.25) is 0 Å². The third-order valence-electron chi connectivity index (χ3n) is 7.92. The Hall–Kier alpha value is -3.13. The van der Waals surface area contributed by atoms with E-state index in [1.54, 1.807) is 0 Å². The van der Waals surface area contributed by atoms with Crippen molar-refractivity contribution in [1.82, 2.24) is 4.90 Å². The van der Waals surface area contributed by atoms with Gasteiger partial charge in [0, 0.05) is 24.9 Å². The van der Waals surface area contributed by atoms with E-state index in [0.717, 1.165) is 19.3 Å². The highest BCUT2D eigenvalue weighted by Crippen LogP contribution is 2.47. The van der Waals surface area contributed by atoms with Crippen molar-refractivity contribution in [3.05, 3.63) is 83.9 Å². The van der Waals surface area contributed by atoms with E-state index in [9.17, 15) is 4.79 Å². The van der Waals surface area contributed by atoms with Crippen LogP contribution in [-0.4, -0.2) is 23.9 Å². The monoisotopic (exact) mass is 405 g/mol. The average Bonchev–Trinajstić information content (AvgIpc) is 2.80. The molecule has 2 atom stereocenters. The van der Waals surface area contributed by atoms with Crippen LogP contribution in [0.1, 0.15) is 37.3 Å². The van der Waals surface area contributed by atoms with E-state index in [-0.39, 0.29) is 5.41 Å². The van der Waals surface area contributed by atoms with E-state index in [1.165, 1.54) is 43.8 Å². The number of amides is 1. The molecule has 1 saturated heterocycles. The molecule has 0 bridgehead atoms. The van der Waals surface area contributed by atoms with Crippen LogP contribution in [0.15, 0.2) is 72.8 Å². The first-order valence-corrected chi connectivity index (χ1v) is 11.4. The molecular formula is C29H27NO. The molecule has 2 nitrogen and oxygen atoms in total. The highest BCUT2D eigenvalue weighted by atomic mass is 16.2. The van der Waals surface area contributed by atoms with Gasteiger partial charge in [0.2, 0.25) is 5.91 Å². The van der Waals surface area contributed by atoms with Gasteiger partial charge in [-0.25, -0.2) is 0 Å². The van der Waals surface area contributed by atoms with Crippen LogP contribution in [0, 0.1) is 0 Å². The van der Waals surface area contributed by atoms with Crippen LogP contribution >= 0.6 is 0 Å². The number of carbonyl (C=O) groups excluding carboxylic acids is 1. The van der Waals surface area contributed by atoms with Crippen molar-refractivity contribution in [3.8, 4) is 11.1 Å². The molecule has 6 rings (SSSR count). The van der Waals surface area contributed by atoms with Gasteiger partial charge in [0.15, 0.2) is 0 Å².